The van der Waals surface area contributed by atoms with Crippen LogP contribution in [0.1, 0.15) is 27.7 Å². The molecule has 1 unspecified atom stereocenters. The summed E-state index contributed by atoms with van der Waals surface area (Å²) >= 11 is 3.70. The Labute approximate surface area is 116 Å². The summed E-state index contributed by atoms with van der Waals surface area (Å²) in [6.07, 6.45) is 3.82. The van der Waals surface area contributed by atoms with Gasteiger partial charge in [-0.2, -0.15) is 0 Å². The van der Waals surface area contributed by atoms with Crippen LogP contribution in [0.25, 0.3) is 0 Å². The lowest BCUT2D eigenvalue weighted by Crippen LogP contribution is -2.07. The van der Waals surface area contributed by atoms with E-state index in [1.807, 2.05) is 11.8 Å². The Bertz CT molecular complexity index is 519. The Hall–Kier alpha value is -0.770. The van der Waals surface area contributed by atoms with Crippen LogP contribution in [0.2, 0.25) is 0 Å². The van der Waals surface area contributed by atoms with E-state index in [9.17, 15) is 0 Å². The molecule has 0 fully saturated rings. The van der Waals surface area contributed by atoms with E-state index < -0.39 is 0 Å². The third kappa shape index (κ3) is 2.48. The summed E-state index contributed by atoms with van der Waals surface area (Å²) in [5.41, 5.74) is 9.00. The van der Waals surface area contributed by atoms with Gasteiger partial charge in [0.2, 0.25) is 0 Å². The van der Waals surface area contributed by atoms with Crippen molar-refractivity contribution in [1.29, 1.82) is 0 Å². The van der Waals surface area contributed by atoms with E-state index >= 15 is 0 Å². The fraction of sp³-hybridized carbons (Fsp3) is 0.333. The van der Waals surface area contributed by atoms with E-state index in [-0.39, 0.29) is 0 Å². The van der Waals surface area contributed by atoms with Gasteiger partial charge in [-0.3, -0.25) is 0 Å². The van der Waals surface area contributed by atoms with E-state index in [1.165, 1.54) is 29.0 Å². The molecule has 1 nitrogen and oxygen atoms in total. The summed E-state index contributed by atoms with van der Waals surface area (Å²) in [5.74, 6) is 0. The summed E-state index contributed by atoms with van der Waals surface area (Å²) in [4.78, 5) is 2.74. The summed E-state index contributed by atoms with van der Waals surface area (Å²) in [5, 5.41) is 2.52. The lowest BCUT2D eigenvalue weighted by molar-refractivity contribution is 0.911. The molecule has 0 spiro atoms. The van der Waals surface area contributed by atoms with Crippen molar-refractivity contribution in [1.82, 2.24) is 0 Å². The Balaban J connectivity index is 1.79. The molecule has 1 aromatic heterocycles. The van der Waals surface area contributed by atoms with Gasteiger partial charge in [0.1, 0.15) is 0 Å². The lowest BCUT2D eigenvalue weighted by Gasteiger charge is -2.13. The number of rotatable bonds is 4. The Morgan fingerprint density at radius 2 is 2.11 bits per heavy atom. The minimum absolute atomic E-state index is 0.393. The van der Waals surface area contributed by atoms with E-state index in [0.717, 1.165) is 0 Å². The van der Waals surface area contributed by atoms with Gasteiger partial charge in [0.05, 0.1) is 5.25 Å². The summed E-state index contributed by atoms with van der Waals surface area (Å²) in [7, 11) is 0. The molecular weight excluding hydrogens is 258 g/mol. The zero-order valence-electron chi connectivity index (χ0n) is 10.3. The highest BCUT2D eigenvalue weighted by atomic mass is 32.2. The smallest absolute Gasteiger partial charge is 0.0560 e. The van der Waals surface area contributed by atoms with Gasteiger partial charge in [-0.05, 0) is 54.0 Å². The standard InChI is InChI=1S/C15H17NS2/c16-10-15(14-5-2-8-17-14)18-13-7-6-11-3-1-4-12(11)9-13/h2,5-9,15H,1,3-4,10,16H2. The quantitative estimate of drug-likeness (QED) is 0.853. The second-order valence-corrected chi connectivity index (χ2v) is 6.90. The second-order valence-electron chi connectivity index (χ2n) is 4.64. The van der Waals surface area contributed by atoms with Gasteiger partial charge in [0.15, 0.2) is 0 Å². The van der Waals surface area contributed by atoms with Gasteiger partial charge in [-0.1, -0.05) is 12.1 Å². The van der Waals surface area contributed by atoms with Crippen LogP contribution in [0.3, 0.4) is 0 Å². The van der Waals surface area contributed by atoms with Gasteiger partial charge in [0.25, 0.3) is 0 Å². The molecule has 1 aromatic carbocycles. The molecule has 0 saturated heterocycles. The van der Waals surface area contributed by atoms with Gasteiger partial charge >= 0.3 is 0 Å². The minimum atomic E-state index is 0.393. The molecule has 3 rings (SSSR count). The molecule has 1 atom stereocenters. The van der Waals surface area contributed by atoms with Gasteiger partial charge < -0.3 is 5.73 Å². The maximum atomic E-state index is 5.91. The normalized spacial score (nSPS) is 15.6. The van der Waals surface area contributed by atoms with E-state index in [4.69, 9.17) is 5.73 Å². The van der Waals surface area contributed by atoms with Crippen molar-refractivity contribution in [2.24, 2.45) is 5.73 Å². The molecule has 1 heterocycles. The first-order chi connectivity index (χ1) is 8.86. The van der Waals surface area contributed by atoms with Crippen LogP contribution in [0.15, 0.2) is 40.6 Å². The van der Waals surface area contributed by atoms with Crippen LogP contribution < -0.4 is 5.73 Å². The highest BCUT2D eigenvalue weighted by molar-refractivity contribution is 7.99. The number of hydrogen-bond acceptors (Lipinski definition) is 3. The van der Waals surface area contributed by atoms with Crippen molar-refractivity contribution in [3.05, 3.63) is 51.7 Å². The number of thioether (sulfide) groups is 1. The van der Waals surface area contributed by atoms with Crippen molar-refractivity contribution >= 4 is 23.1 Å². The van der Waals surface area contributed by atoms with Gasteiger partial charge in [0, 0.05) is 16.3 Å². The highest BCUT2D eigenvalue weighted by Crippen LogP contribution is 2.38. The zero-order valence-corrected chi connectivity index (χ0v) is 11.9. The predicted octanol–water partition coefficient (Wildman–Crippen LogP) is 4.03. The van der Waals surface area contributed by atoms with Crippen molar-refractivity contribution < 1.29 is 0 Å². The van der Waals surface area contributed by atoms with Crippen LogP contribution in [-0.4, -0.2) is 6.54 Å². The molecule has 1 aliphatic rings. The van der Waals surface area contributed by atoms with E-state index in [0.29, 0.717) is 11.8 Å². The fourth-order valence-corrected chi connectivity index (χ4v) is 4.49. The Morgan fingerprint density at radius 3 is 2.89 bits per heavy atom. The minimum Gasteiger partial charge on any atom is -0.329 e. The van der Waals surface area contributed by atoms with Crippen LogP contribution >= 0.6 is 23.1 Å². The molecule has 0 amide bonds. The molecule has 94 valence electrons. The van der Waals surface area contributed by atoms with Gasteiger partial charge in [-0.15, -0.1) is 23.1 Å². The van der Waals surface area contributed by atoms with Crippen LogP contribution in [0, 0.1) is 0 Å². The predicted molar refractivity (Wildman–Crippen MR) is 80.4 cm³/mol. The SMILES string of the molecule is NCC(Sc1ccc2c(c1)CCC2)c1cccs1. The first-order valence-electron chi connectivity index (χ1n) is 6.39. The molecule has 0 aliphatic heterocycles. The molecule has 2 aromatic rings. The number of thiophene rings is 1. The average molecular weight is 275 g/mol. The maximum Gasteiger partial charge on any atom is 0.0560 e. The topological polar surface area (TPSA) is 26.0 Å². The molecule has 1 aliphatic carbocycles. The Kier molecular flexibility index (Phi) is 3.73. The van der Waals surface area contributed by atoms with Crippen molar-refractivity contribution in [2.75, 3.05) is 6.54 Å². The molecule has 3 heteroatoms. The lowest BCUT2D eigenvalue weighted by atomic mass is 10.1. The van der Waals surface area contributed by atoms with Crippen LogP contribution in [-0.2, 0) is 12.8 Å². The first kappa shape index (κ1) is 12.3. The number of fused-ring (bicyclic) bond motifs is 1. The van der Waals surface area contributed by atoms with Crippen molar-refractivity contribution in [3.8, 4) is 0 Å². The molecule has 2 N–H and O–H groups in total. The molecule has 0 saturated carbocycles. The monoisotopic (exact) mass is 275 g/mol. The molecule has 0 radical (unpaired) electrons. The van der Waals surface area contributed by atoms with Crippen LogP contribution in [0.5, 0.6) is 0 Å². The molecule has 18 heavy (non-hydrogen) atoms. The largest absolute Gasteiger partial charge is 0.329 e. The summed E-state index contributed by atoms with van der Waals surface area (Å²) < 4.78 is 0. The average Bonchev–Trinajstić information content (AvgIpc) is 3.06. The number of hydrogen-bond donors (Lipinski definition) is 1. The second kappa shape index (κ2) is 5.47. The number of benzene rings is 1. The van der Waals surface area contributed by atoms with Gasteiger partial charge in [-0.25, -0.2) is 0 Å². The first-order valence-corrected chi connectivity index (χ1v) is 8.14. The van der Waals surface area contributed by atoms with Crippen molar-refractivity contribution in [3.63, 3.8) is 0 Å². The molecular formula is C15H17NS2. The van der Waals surface area contributed by atoms with E-state index in [1.54, 1.807) is 22.5 Å². The van der Waals surface area contributed by atoms with E-state index in [2.05, 4.69) is 35.7 Å². The van der Waals surface area contributed by atoms with Crippen molar-refractivity contribution in [2.45, 2.75) is 29.4 Å². The summed E-state index contributed by atoms with van der Waals surface area (Å²) in [6.45, 7) is 0.697. The third-order valence-electron chi connectivity index (χ3n) is 3.42. The maximum absolute atomic E-state index is 5.91. The Morgan fingerprint density at radius 1 is 1.22 bits per heavy atom. The summed E-state index contributed by atoms with van der Waals surface area (Å²) in [6, 6.07) is 11.2. The molecule has 0 bridgehead atoms. The zero-order chi connectivity index (χ0) is 12.4. The fourth-order valence-electron chi connectivity index (χ4n) is 2.48. The highest BCUT2D eigenvalue weighted by Gasteiger charge is 2.15. The number of nitrogens with two attached hydrogens (primary N) is 1. The third-order valence-corrected chi connectivity index (χ3v) is 5.82. The van der Waals surface area contributed by atoms with Crippen LogP contribution in [0.4, 0.5) is 0 Å². The number of aryl methyl sites for hydroxylation is 2.